The van der Waals surface area contributed by atoms with Crippen LogP contribution in [0.15, 0.2) is 30.5 Å². The van der Waals surface area contributed by atoms with E-state index in [1.165, 1.54) is 6.20 Å². The SMILES string of the molecule is Cc1ncc(C=O)c(Oc2ccc(Cl)cc2)n1. The number of benzene rings is 1. The summed E-state index contributed by atoms with van der Waals surface area (Å²) in [5.41, 5.74) is 0.311. The van der Waals surface area contributed by atoms with Crippen LogP contribution in [-0.2, 0) is 0 Å². The highest BCUT2D eigenvalue weighted by atomic mass is 35.5. The van der Waals surface area contributed by atoms with Crippen molar-refractivity contribution in [3.63, 3.8) is 0 Å². The highest BCUT2D eigenvalue weighted by Gasteiger charge is 2.07. The summed E-state index contributed by atoms with van der Waals surface area (Å²) in [6.45, 7) is 1.73. The summed E-state index contributed by atoms with van der Waals surface area (Å²) in [4.78, 5) is 18.8. The molecule has 0 atom stereocenters. The molecule has 1 aromatic heterocycles. The Morgan fingerprint density at radius 3 is 2.65 bits per heavy atom. The number of hydrogen-bond acceptors (Lipinski definition) is 4. The van der Waals surface area contributed by atoms with E-state index in [-0.39, 0.29) is 5.88 Å². The molecule has 0 amide bonds. The third-order valence-corrected chi connectivity index (χ3v) is 2.31. The second kappa shape index (κ2) is 4.93. The van der Waals surface area contributed by atoms with Gasteiger partial charge in [0.05, 0.1) is 5.56 Å². The van der Waals surface area contributed by atoms with Gasteiger partial charge in [0.2, 0.25) is 5.88 Å². The molecule has 0 saturated carbocycles. The van der Waals surface area contributed by atoms with Gasteiger partial charge >= 0.3 is 0 Å². The Morgan fingerprint density at radius 2 is 2.00 bits per heavy atom. The van der Waals surface area contributed by atoms with Crippen LogP contribution in [0, 0.1) is 6.92 Å². The van der Waals surface area contributed by atoms with Gasteiger partial charge < -0.3 is 4.74 Å². The van der Waals surface area contributed by atoms with Crippen molar-refractivity contribution in [2.45, 2.75) is 6.92 Å². The summed E-state index contributed by atoms with van der Waals surface area (Å²) in [5.74, 6) is 1.35. The summed E-state index contributed by atoms with van der Waals surface area (Å²) in [6, 6.07) is 6.81. The molecule has 1 aromatic carbocycles. The predicted octanol–water partition coefficient (Wildman–Crippen LogP) is 3.04. The first-order valence-corrected chi connectivity index (χ1v) is 5.29. The molecule has 0 aliphatic carbocycles. The number of nitrogens with zero attached hydrogens (tertiary/aromatic N) is 2. The molecule has 0 saturated heterocycles. The van der Waals surface area contributed by atoms with Crippen LogP contribution in [0.4, 0.5) is 0 Å². The van der Waals surface area contributed by atoms with E-state index in [4.69, 9.17) is 16.3 Å². The van der Waals surface area contributed by atoms with E-state index in [1.54, 1.807) is 31.2 Å². The van der Waals surface area contributed by atoms with E-state index in [0.717, 1.165) is 0 Å². The second-order valence-corrected chi connectivity index (χ2v) is 3.79. The van der Waals surface area contributed by atoms with E-state index >= 15 is 0 Å². The minimum Gasteiger partial charge on any atom is -0.438 e. The Morgan fingerprint density at radius 1 is 1.29 bits per heavy atom. The maximum Gasteiger partial charge on any atom is 0.233 e. The van der Waals surface area contributed by atoms with E-state index < -0.39 is 0 Å². The summed E-state index contributed by atoms with van der Waals surface area (Å²) < 4.78 is 5.50. The fourth-order valence-electron chi connectivity index (χ4n) is 1.24. The Labute approximate surface area is 103 Å². The average molecular weight is 249 g/mol. The Balaban J connectivity index is 2.31. The molecule has 0 aliphatic heterocycles. The van der Waals surface area contributed by atoms with Crippen LogP contribution in [0.3, 0.4) is 0 Å². The summed E-state index contributed by atoms with van der Waals surface area (Å²) >= 11 is 5.76. The van der Waals surface area contributed by atoms with Crippen molar-refractivity contribution in [2.24, 2.45) is 0 Å². The highest BCUT2D eigenvalue weighted by Crippen LogP contribution is 2.23. The van der Waals surface area contributed by atoms with Crippen molar-refractivity contribution in [3.05, 3.63) is 46.9 Å². The number of ether oxygens (including phenoxy) is 1. The monoisotopic (exact) mass is 248 g/mol. The first-order chi connectivity index (χ1) is 8.19. The number of carbonyl (C=O) groups is 1. The molecule has 0 spiro atoms. The van der Waals surface area contributed by atoms with Gasteiger partial charge in [-0.25, -0.2) is 4.98 Å². The van der Waals surface area contributed by atoms with E-state index in [0.29, 0.717) is 28.4 Å². The summed E-state index contributed by atoms with van der Waals surface area (Å²) in [6.07, 6.45) is 2.09. The lowest BCUT2D eigenvalue weighted by Crippen LogP contribution is -1.97. The average Bonchev–Trinajstić information content (AvgIpc) is 2.32. The molecule has 4 nitrogen and oxygen atoms in total. The lowest BCUT2D eigenvalue weighted by Gasteiger charge is -2.06. The van der Waals surface area contributed by atoms with E-state index in [2.05, 4.69) is 9.97 Å². The fourth-order valence-corrected chi connectivity index (χ4v) is 1.36. The van der Waals surface area contributed by atoms with Crippen molar-refractivity contribution >= 4 is 17.9 Å². The first-order valence-electron chi connectivity index (χ1n) is 4.91. The molecule has 0 bridgehead atoms. The normalized spacial score (nSPS) is 10.0. The number of aryl methyl sites for hydroxylation is 1. The number of halogens is 1. The van der Waals surface area contributed by atoms with Gasteiger partial charge in [0, 0.05) is 11.2 Å². The lowest BCUT2D eigenvalue weighted by molar-refractivity contribution is 0.112. The predicted molar refractivity (Wildman–Crippen MR) is 63.7 cm³/mol. The molecule has 0 fully saturated rings. The second-order valence-electron chi connectivity index (χ2n) is 3.35. The van der Waals surface area contributed by atoms with Crippen LogP contribution < -0.4 is 4.74 Å². The van der Waals surface area contributed by atoms with Crippen LogP contribution in [0.2, 0.25) is 5.02 Å². The molecule has 0 aliphatic rings. The topological polar surface area (TPSA) is 52.1 Å². The van der Waals surface area contributed by atoms with Crippen LogP contribution in [0.25, 0.3) is 0 Å². The zero-order valence-corrected chi connectivity index (χ0v) is 9.81. The maximum atomic E-state index is 10.8. The zero-order valence-electron chi connectivity index (χ0n) is 9.05. The quantitative estimate of drug-likeness (QED) is 0.784. The van der Waals surface area contributed by atoms with Gasteiger partial charge in [-0.3, -0.25) is 4.79 Å². The molecule has 0 N–H and O–H groups in total. The maximum absolute atomic E-state index is 10.8. The van der Waals surface area contributed by atoms with Crippen molar-refractivity contribution in [1.29, 1.82) is 0 Å². The van der Waals surface area contributed by atoms with Crippen LogP contribution in [0.5, 0.6) is 11.6 Å². The van der Waals surface area contributed by atoms with Gasteiger partial charge in [0.1, 0.15) is 11.6 Å². The van der Waals surface area contributed by atoms with Gasteiger partial charge in [-0.05, 0) is 31.2 Å². The molecule has 17 heavy (non-hydrogen) atoms. The van der Waals surface area contributed by atoms with Gasteiger partial charge in [-0.2, -0.15) is 4.98 Å². The summed E-state index contributed by atoms with van der Waals surface area (Å²) in [5, 5.41) is 0.617. The third-order valence-electron chi connectivity index (χ3n) is 2.06. The molecule has 5 heteroatoms. The van der Waals surface area contributed by atoms with Crippen LogP contribution in [0.1, 0.15) is 16.2 Å². The number of carbonyl (C=O) groups excluding carboxylic acids is 1. The Kier molecular flexibility index (Phi) is 3.35. The number of hydrogen-bond donors (Lipinski definition) is 0. The van der Waals surface area contributed by atoms with Crippen molar-refractivity contribution in [1.82, 2.24) is 9.97 Å². The van der Waals surface area contributed by atoms with Gasteiger partial charge in [0.15, 0.2) is 6.29 Å². The Bertz CT molecular complexity index is 541. The molecule has 0 unspecified atom stereocenters. The zero-order chi connectivity index (χ0) is 12.3. The van der Waals surface area contributed by atoms with Crippen LogP contribution in [-0.4, -0.2) is 16.3 Å². The summed E-state index contributed by atoms with van der Waals surface area (Å²) in [7, 11) is 0. The van der Waals surface area contributed by atoms with Crippen molar-refractivity contribution in [3.8, 4) is 11.6 Å². The molecule has 2 aromatic rings. The Hall–Kier alpha value is -1.94. The van der Waals surface area contributed by atoms with Gasteiger partial charge in [-0.15, -0.1) is 0 Å². The number of aldehydes is 1. The van der Waals surface area contributed by atoms with Gasteiger partial charge in [-0.1, -0.05) is 11.6 Å². The fraction of sp³-hybridized carbons (Fsp3) is 0.0833. The molecular formula is C12H9ClN2O2. The van der Waals surface area contributed by atoms with Gasteiger partial charge in [0.25, 0.3) is 0 Å². The highest BCUT2D eigenvalue weighted by molar-refractivity contribution is 6.30. The number of rotatable bonds is 3. The molecule has 2 rings (SSSR count). The standard InChI is InChI=1S/C12H9ClN2O2/c1-8-14-6-9(7-16)12(15-8)17-11-4-2-10(13)3-5-11/h2-7H,1H3. The van der Waals surface area contributed by atoms with Crippen molar-refractivity contribution < 1.29 is 9.53 Å². The largest absolute Gasteiger partial charge is 0.438 e. The minimum absolute atomic E-state index is 0.245. The molecular weight excluding hydrogens is 240 g/mol. The van der Waals surface area contributed by atoms with E-state index in [9.17, 15) is 4.79 Å². The first kappa shape index (κ1) is 11.5. The molecule has 86 valence electrons. The third kappa shape index (κ3) is 2.79. The van der Waals surface area contributed by atoms with Crippen molar-refractivity contribution in [2.75, 3.05) is 0 Å². The smallest absolute Gasteiger partial charge is 0.233 e. The van der Waals surface area contributed by atoms with E-state index in [1.807, 2.05) is 0 Å². The number of aromatic nitrogens is 2. The van der Waals surface area contributed by atoms with Crippen LogP contribution >= 0.6 is 11.6 Å². The molecule has 0 radical (unpaired) electrons. The molecule has 1 heterocycles. The minimum atomic E-state index is 0.245. The lowest BCUT2D eigenvalue weighted by atomic mass is 10.3.